The maximum atomic E-state index is 11.3. The standard InChI is InChI=1S/C44H81IO3/c1-3-5-7-9-11-13-15-17-19-21-23-25-27-29-34-38-47-40-43(48-39-41-35-31-30-32-36-41)44(46)42(45)37-33-28-26-24-22-20-18-16-14-12-10-8-6-4-2/h30-32,35-36,42-44,46H,3-29,33-34,37-40H2,1-2H3. The van der Waals surface area contributed by atoms with Gasteiger partial charge in [-0.25, -0.2) is 0 Å². The van der Waals surface area contributed by atoms with Gasteiger partial charge in [-0.1, -0.05) is 247 Å². The van der Waals surface area contributed by atoms with Crippen LogP contribution in [-0.2, 0) is 16.1 Å². The number of aliphatic hydroxyl groups is 1. The Bertz CT molecular complexity index is 744. The Morgan fingerprint density at radius 1 is 0.521 bits per heavy atom. The van der Waals surface area contributed by atoms with Crippen LogP contribution >= 0.6 is 22.6 Å². The molecule has 0 radical (unpaired) electrons. The molecule has 1 rings (SSSR count). The molecule has 1 aromatic rings. The third-order valence-electron chi connectivity index (χ3n) is 10.1. The van der Waals surface area contributed by atoms with Gasteiger partial charge >= 0.3 is 0 Å². The molecule has 282 valence electrons. The summed E-state index contributed by atoms with van der Waals surface area (Å²) in [5, 5.41) is 11.3. The van der Waals surface area contributed by atoms with Gasteiger partial charge in [0, 0.05) is 10.5 Å². The molecule has 0 heterocycles. The lowest BCUT2D eigenvalue weighted by Gasteiger charge is -2.27. The zero-order valence-electron chi connectivity index (χ0n) is 32.1. The van der Waals surface area contributed by atoms with E-state index in [2.05, 4.69) is 48.6 Å². The van der Waals surface area contributed by atoms with Crippen LogP contribution in [0.25, 0.3) is 0 Å². The van der Waals surface area contributed by atoms with E-state index < -0.39 is 6.10 Å². The molecule has 0 fully saturated rings. The summed E-state index contributed by atoms with van der Waals surface area (Å²) in [5.41, 5.74) is 1.15. The topological polar surface area (TPSA) is 38.7 Å². The van der Waals surface area contributed by atoms with Gasteiger partial charge in [0.2, 0.25) is 0 Å². The lowest BCUT2D eigenvalue weighted by atomic mass is 10.0. The fourth-order valence-electron chi connectivity index (χ4n) is 6.74. The predicted molar refractivity (Wildman–Crippen MR) is 220 cm³/mol. The molecule has 48 heavy (non-hydrogen) atoms. The van der Waals surface area contributed by atoms with Crippen molar-refractivity contribution in [3.63, 3.8) is 0 Å². The van der Waals surface area contributed by atoms with Gasteiger partial charge < -0.3 is 14.6 Å². The Morgan fingerprint density at radius 3 is 1.31 bits per heavy atom. The smallest absolute Gasteiger partial charge is 0.108 e. The monoisotopic (exact) mass is 785 g/mol. The average molecular weight is 785 g/mol. The number of halogens is 1. The van der Waals surface area contributed by atoms with E-state index in [1.165, 1.54) is 180 Å². The van der Waals surface area contributed by atoms with Crippen LogP contribution in [0.5, 0.6) is 0 Å². The lowest BCUT2D eigenvalue weighted by Crippen LogP contribution is -2.39. The lowest BCUT2D eigenvalue weighted by molar-refractivity contribution is -0.0857. The van der Waals surface area contributed by atoms with Crippen molar-refractivity contribution in [2.75, 3.05) is 13.2 Å². The normalized spacial score (nSPS) is 13.6. The minimum absolute atomic E-state index is 0.190. The number of benzene rings is 1. The fraction of sp³-hybridized carbons (Fsp3) is 0.864. The molecule has 0 amide bonds. The summed E-state index contributed by atoms with van der Waals surface area (Å²) in [5.74, 6) is 0. The Hall–Kier alpha value is -0.170. The highest BCUT2D eigenvalue weighted by Crippen LogP contribution is 2.22. The molecule has 0 saturated heterocycles. The van der Waals surface area contributed by atoms with E-state index in [1.54, 1.807) is 0 Å². The van der Waals surface area contributed by atoms with Gasteiger partial charge in [0.05, 0.1) is 19.3 Å². The molecule has 0 aliphatic rings. The summed E-state index contributed by atoms with van der Waals surface area (Å²) in [6, 6.07) is 10.3. The molecule has 3 nitrogen and oxygen atoms in total. The predicted octanol–water partition coefficient (Wildman–Crippen LogP) is 14.5. The van der Waals surface area contributed by atoms with Crippen LogP contribution in [0, 0.1) is 0 Å². The van der Waals surface area contributed by atoms with Crippen LogP contribution in [0.4, 0.5) is 0 Å². The molecule has 1 N–H and O–H groups in total. The minimum Gasteiger partial charge on any atom is -0.389 e. The van der Waals surface area contributed by atoms with Crippen LogP contribution in [0.15, 0.2) is 30.3 Å². The van der Waals surface area contributed by atoms with E-state index in [0.717, 1.165) is 25.0 Å². The SMILES string of the molecule is CCCCCCCCCCCCCCCCCOCC(OCc1ccccc1)C(O)C(I)CCCCCCCCCCCCCCCC. The summed E-state index contributed by atoms with van der Waals surface area (Å²) in [6.07, 6.45) is 40.2. The summed E-state index contributed by atoms with van der Waals surface area (Å²) >= 11 is 2.45. The maximum Gasteiger partial charge on any atom is 0.108 e. The van der Waals surface area contributed by atoms with Crippen molar-refractivity contribution in [1.29, 1.82) is 0 Å². The van der Waals surface area contributed by atoms with Crippen molar-refractivity contribution in [2.24, 2.45) is 0 Å². The van der Waals surface area contributed by atoms with Crippen LogP contribution in [0.2, 0.25) is 0 Å². The maximum absolute atomic E-state index is 11.3. The number of unbranched alkanes of at least 4 members (excludes halogenated alkanes) is 27. The first-order valence-corrected chi connectivity index (χ1v) is 22.5. The summed E-state index contributed by atoms with van der Waals surface area (Å²) in [6.45, 7) is 6.35. The highest BCUT2D eigenvalue weighted by atomic mass is 127. The van der Waals surface area contributed by atoms with Crippen LogP contribution in [0.1, 0.15) is 212 Å². The van der Waals surface area contributed by atoms with Crippen LogP contribution in [-0.4, -0.2) is 34.5 Å². The molecule has 0 aromatic heterocycles. The Kier molecular flexibility index (Phi) is 35.0. The molecule has 0 aliphatic carbocycles. The van der Waals surface area contributed by atoms with E-state index in [1.807, 2.05) is 18.2 Å². The highest BCUT2D eigenvalue weighted by molar-refractivity contribution is 14.1. The van der Waals surface area contributed by atoms with Crippen molar-refractivity contribution < 1.29 is 14.6 Å². The van der Waals surface area contributed by atoms with Crippen molar-refractivity contribution in [2.45, 2.75) is 229 Å². The average Bonchev–Trinajstić information content (AvgIpc) is 3.11. The quantitative estimate of drug-likeness (QED) is 0.0412. The van der Waals surface area contributed by atoms with E-state index >= 15 is 0 Å². The summed E-state index contributed by atoms with van der Waals surface area (Å²) in [4.78, 5) is 0. The molecule has 0 bridgehead atoms. The number of alkyl halides is 1. The Morgan fingerprint density at radius 2 is 0.896 bits per heavy atom. The zero-order chi connectivity index (χ0) is 34.6. The van der Waals surface area contributed by atoms with E-state index in [9.17, 15) is 5.11 Å². The molecule has 0 saturated carbocycles. The highest BCUT2D eigenvalue weighted by Gasteiger charge is 2.27. The minimum atomic E-state index is -0.502. The van der Waals surface area contributed by atoms with Crippen molar-refractivity contribution in [3.05, 3.63) is 35.9 Å². The molecule has 3 unspecified atom stereocenters. The van der Waals surface area contributed by atoms with E-state index in [4.69, 9.17) is 9.47 Å². The van der Waals surface area contributed by atoms with Gasteiger partial charge in [-0.2, -0.15) is 0 Å². The Labute approximate surface area is 314 Å². The van der Waals surface area contributed by atoms with Gasteiger partial charge in [-0.3, -0.25) is 0 Å². The van der Waals surface area contributed by atoms with Crippen LogP contribution < -0.4 is 0 Å². The summed E-state index contributed by atoms with van der Waals surface area (Å²) in [7, 11) is 0. The van der Waals surface area contributed by atoms with Gasteiger partial charge in [0.1, 0.15) is 6.10 Å². The van der Waals surface area contributed by atoms with Crippen molar-refractivity contribution in [1.82, 2.24) is 0 Å². The molecule has 4 heteroatoms. The van der Waals surface area contributed by atoms with E-state index in [-0.39, 0.29) is 10.0 Å². The van der Waals surface area contributed by atoms with Gasteiger partial charge in [0.25, 0.3) is 0 Å². The molecule has 3 atom stereocenters. The van der Waals surface area contributed by atoms with E-state index in [0.29, 0.717) is 13.2 Å². The number of ether oxygens (including phenoxy) is 2. The first-order valence-electron chi connectivity index (χ1n) is 21.2. The second kappa shape index (κ2) is 36.6. The number of hydrogen-bond acceptors (Lipinski definition) is 3. The molecule has 1 aromatic carbocycles. The Balaban J connectivity index is 2.13. The van der Waals surface area contributed by atoms with Gasteiger partial charge in [0.15, 0.2) is 0 Å². The second-order valence-electron chi connectivity index (χ2n) is 14.8. The summed E-state index contributed by atoms with van der Waals surface area (Å²) < 4.78 is 12.6. The second-order valence-corrected chi connectivity index (χ2v) is 16.4. The fourth-order valence-corrected chi connectivity index (χ4v) is 7.64. The number of aliphatic hydroxyl groups excluding tert-OH is 1. The third kappa shape index (κ3) is 29.5. The van der Waals surface area contributed by atoms with Crippen molar-refractivity contribution in [3.8, 4) is 0 Å². The molecular formula is C44H81IO3. The number of hydrogen-bond donors (Lipinski definition) is 1. The zero-order valence-corrected chi connectivity index (χ0v) is 34.3. The molecule has 0 spiro atoms. The first kappa shape index (κ1) is 45.9. The largest absolute Gasteiger partial charge is 0.389 e. The number of rotatable bonds is 38. The van der Waals surface area contributed by atoms with Crippen molar-refractivity contribution >= 4 is 22.6 Å². The van der Waals surface area contributed by atoms with Crippen LogP contribution in [0.3, 0.4) is 0 Å². The van der Waals surface area contributed by atoms with Gasteiger partial charge in [-0.05, 0) is 18.4 Å². The van der Waals surface area contributed by atoms with Gasteiger partial charge in [-0.15, -0.1) is 0 Å². The third-order valence-corrected chi connectivity index (χ3v) is 11.4. The molecular weight excluding hydrogens is 703 g/mol. The first-order chi connectivity index (χ1) is 23.7. The molecule has 0 aliphatic heterocycles.